The molecule has 1 N–H and O–H groups in total. The molecule has 0 saturated heterocycles. The average molecular weight is 244 g/mol. The molecule has 0 saturated carbocycles. The number of rotatable bonds is 2. The second-order valence-electron chi connectivity index (χ2n) is 2.85. The van der Waals surface area contributed by atoms with E-state index in [4.69, 9.17) is 4.55 Å². The monoisotopic (exact) mass is 244 g/mol. The molecule has 0 fully saturated rings. The lowest BCUT2D eigenvalue weighted by atomic mass is 10.2. The Kier molecular flexibility index (Phi) is 3.41. The fourth-order valence-corrected chi connectivity index (χ4v) is 1.46. The highest BCUT2D eigenvalue weighted by Crippen LogP contribution is 2.20. The fourth-order valence-electron chi connectivity index (χ4n) is 1.02. The van der Waals surface area contributed by atoms with E-state index in [2.05, 4.69) is 4.74 Å². The maximum absolute atomic E-state index is 11.2. The molecule has 0 aromatic heterocycles. The first-order valence-corrected chi connectivity index (χ1v) is 5.55. The second-order valence-corrected chi connectivity index (χ2v) is 4.17. The quantitative estimate of drug-likeness (QED) is 0.465. The summed E-state index contributed by atoms with van der Waals surface area (Å²) < 4.78 is 34.5. The standard InChI is InChI=1S/C9H8O6S/c1-6(10)15-8-5-3-2-4-7(8)9(11)16(12,13)14/h2-5H,1H3,(H,12,13,14). The molecule has 0 aliphatic heterocycles. The highest BCUT2D eigenvalue weighted by Gasteiger charge is 2.24. The van der Waals surface area contributed by atoms with Crippen LogP contribution in [0.3, 0.4) is 0 Å². The van der Waals surface area contributed by atoms with Crippen LogP contribution in [0, 0.1) is 0 Å². The first kappa shape index (κ1) is 12.3. The van der Waals surface area contributed by atoms with Gasteiger partial charge in [-0.3, -0.25) is 14.1 Å². The van der Waals surface area contributed by atoms with Crippen LogP contribution >= 0.6 is 0 Å². The van der Waals surface area contributed by atoms with Crippen molar-refractivity contribution >= 4 is 21.2 Å². The predicted molar refractivity (Wildman–Crippen MR) is 53.6 cm³/mol. The van der Waals surface area contributed by atoms with Gasteiger partial charge in [0.05, 0.1) is 5.56 Å². The van der Waals surface area contributed by atoms with E-state index < -0.39 is 21.2 Å². The molecule has 0 bridgehead atoms. The molecule has 0 unspecified atom stereocenters. The van der Waals surface area contributed by atoms with E-state index in [0.717, 1.165) is 13.0 Å². The third-order valence-corrected chi connectivity index (χ3v) is 2.28. The Morgan fingerprint density at radius 3 is 2.31 bits per heavy atom. The van der Waals surface area contributed by atoms with Crippen LogP contribution in [0.1, 0.15) is 17.3 Å². The third-order valence-electron chi connectivity index (χ3n) is 1.59. The van der Waals surface area contributed by atoms with E-state index in [1.807, 2.05) is 0 Å². The summed E-state index contributed by atoms with van der Waals surface area (Å²) in [7, 11) is -4.84. The van der Waals surface area contributed by atoms with Crippen molar-refractivity contribution < 1.29 is 27.3 Å². The van der Waals surface area contributed by atoms with Gasteiger partial charge in [-0.1, -0.05) is 12.1 Å². The van der Waals surface area contributed by atoms with Crippen LogP contribution in [-0.2, 0) is 14.9 Å². The van der Waals surface area contributed by atoms with Crippen molar-refractivity contribution in [3.63, 3.8) is 0 Å². The minimum atomic E-state index is -4.84. The van der Waals surface area contributed by atoms with E-state index in [9.17, 15) is 18.0 Å². The number of hydrogen-bond acceptors (Lipinski definition) is 5. The largest absolute Gasteiger partial charge is 0.426 e. The van der Waals surface area contributed by atoms with Gasteiger partial charge in [-0.25, -0.2) is 0 Å². The van der Waals surface area contributed by atoms with E-state index in [1.165, 1.54) is 18.2 Å². The van der Waals surface area contributed by atoms with Gasteiger partial charge in [-0.2, -0.15) is 8.42 Å². The molecule has 0 amide bonds. The molecular weight excluding hydrogens is 236 g/mol. The zero-order valence-electron chi connectivity index (χ0n) is 8.21. The number of benzene rings is 1. The lowest BCUT2D eigenvalue weighted by Gasteiger charge is -2.05. The number of hydrogen-bond donors (Lipinski definition) is 1. The van der Waals surface area contributed by atoms with Crippen molar-refractivity contribution in [3.05, 3.63) is 29.8 Å². The summed E-state index contributed by atoms with van der Waals surface area (Å²) in [4.78, 5) is 21.9. The third kappa shape index (κ3) is 2.88. The summed E-state index contributed by atoms with van der Waals surface area (Å²) in [5.41, 5.74) is -0.389. The zero-order chi connectivity index (χ0) is 12.3. The van der Waals surface area contributed by atoms with Gasteiger partial charge in [-0.15, -0.1) is 0 Å². The summed E-state index contributed by atoms with van der Waals surface area (Å²) in [6.07, 6.45) is 0. The molecule has 1 rings (SSSR count). The molecule has 0 atom stereocenters. The Bertz CT molecular complexity index is 531. The molecule has 16 heavy (non-hydrogen) atoms. The number of ether oxygens (including phenoxy) is 1. The van der Waals surface area contributed by atoms with Crippen LogP contribution in [0.4, 0.5) is 0 Å². The predicted octanol–water partition coefficient (Wildman–Crippen LogP) is 0.640. The molecular formula is C9H8O6S. The first-order chi connectivity index (χ1) is 7.32. The van der Waals surface area contributed by atoms with Crippen molar-refractivity contribution in [2.45, 2.75) is 6.92 Å². The number of carbonyl (C=O) groups is 2. The molecule has 0 aliphatic rings. The molecule has 1 aromatic rings. The van der Waals surface area contributed by atoms with Crippen LogP contribution in [0.15, 0.2) is 24.3 Å². The Morgan fingerprint density at radius 2 is 1.81 bits per heavy atom. The number of esters is 1. The van der Waals surface area contributed by atoms with E-state index in [1.54, 1.807) is 0 Å². The van der Waals surface area contributed by atoms with Crippen molar-refractivity contribution in [1.29, 1.82) is 0 Å². The minimum absolute atomic E-state index is 0.211. The summed E-state index contributed by atoms with van der Waals surface area (Å²) in [6.45, 7) is 1.11. The Morgan fingerprint density at radius 1 is 1.25 bits per heavy atom. The molecule has 86 valence electrons. The van der Waals surface area contributed by atoms with Crippen molar-refractivity contribution in [3.8, 4) is 5.75 Å². The topological polar surface area (TPSA) is 97.7 Å². The Labute approximate surface area is 91.6 Å². The normalized spacial score (nSPS) is 10.9. The first-order valence-electron chi connectivity index (χ1n) is 4.11. The SMILES string of the molecule is CC(=O)Oc1ccccc1C(=O)S(=O)(=O)O. The fraction of sp³-hybridized carbons (Fsp3) is 0.111. The number of para-hydroxylation sites is 1. The highest BCUT2D eigenvalue weighted by molar-refractivity contribution is 8.01. The Balaban J connectivity index is 3.24. The zero-order valence-corrected chi connectivity index (χ0v) is 9.02. The van der Waals surface area contributed by atoms with Crippen molar-refractivity contribution in [1.82, 2.24) is 0 Å². The van der Waals surface area contributed by atoms with Gasteiger partial charge in [-0.05, 0) is 12.1 Å². The van der Waals surface area contributed by atoms with Crippen LogP contribution in [0.2, 0.25) is 0 Å². The lowest BCUT2D eigenvalue weighted by Crippen LogP contribution is -2.15. The van der Waals surface area contributed by atoms with E-state index in [0.29, 0.717) is 0 Å². The van der Waals surface area contributed by atoms with Gasteiger partial charge in [0.25, 0.3) is 0 Å². The molecule has 0 aliphatic carbocycles. The molecule has 0 heterocycles. The molecule has 6 nitrogen and oxygen atoms in total. The van der Waals surface area contributed by atoms with Crippen LogP contribution in [0.25, 0.3) is 0 Å². The van der Waals surface area contributed by atoms with E-state index >= 15 is 0 Å². The van der Waals surface area contributed by atoms with Gasteiger partial charge in [0, 0.05) is 6.92 Å². The highest BCUT2D eigenvalue weighted by atomic mass is 32.2. The lowest BCUT2D eigenvalue weighted by molar-refractivity contribution is -0.131. The van der Waals surface area contributed by atoms with Crippen LogP contribution in [-0.4, -0.2) is 24.1 Å². The van der Waals surface area contributed by atoms with Gasteiger partial charge < -0.3 is 4.74 Å². The minimum Gasteiger partial charge on any atom is -0.426 e. The van der Waals surface area contributed by atoms with Crippen molar-refractivity contribution in [2.75, 3.05) is 0 Å². The van der Waals surface area contributed by atoms with Gasteiger partial charge in [0.1, 0.15) is 5.75 Å². The van der Waals surface area contributed by atoms with Gasteiger partial charge in [0.2, 0.25) is 0 Å². The summed E-state index contributed by atoms with van der Waals surface area (Å²) in [5.74, 6) is -0.909. The van der Waals surface area contributed by atoms with Crippen LogP contribution in [0.5, 0.6) is 5.75 Å². The molecule has 0 radical (unpaired) electrons. The second kappa shape index (κ2) is 4.42. The Hall–Kier alpha value is -1.73. The molecule has 1 aromatic carbocycles. The summed E-state index contributed by atoms with van der Waals surface area (Å²) in [5, 5.41) is -1.51. The summed E-state index contributed by atoms with van der Waals surface area (Å²) in [6, 6.07) is 5.22. The smallest absolute Gasteiger partial charge is 0.333 e. The molecule has 7 heteroatoms. The van der Waals surface area contributed by atoms with Gasteiger partial charge >= 0.3 is 21.2 Å². The number of carbonyl (C=O) groups excluding carboxylic acids is 2. The van der Waals surface area contributed by atoms with Gasteiger partial charge in [0.15, 0.2) is 0 Å². The van der Waals surface area contributed by atoms with E-state index in [-0.39, 0.29) is 11.3 Å². The molecule has 0 spiro atoms. The average Bonchev–Trinajstić information content (AvgIpc) is 2.15. The summed E-state index contributed by atoms with van der Waals surface area (Å²) >= 11 is 0. The van der Waals surface area contributed by atoms with Crippen molar-refractivity contribution in [2.24, 2.45) is 0 Å². The maximum atomic E-state index is 11.2. The maximum Gasteiger partial charge on any atom is 0.333 e. The van der Waals surface area contributed by atoms with Crippen LogP contribution < -0.4 is 4.74 Å².